The van der Waals surface area contributed by atoms with E-state index in [1.807, 2.05) is 13.8 Å². The van der Waals surface area contributed by atoms with Crippen molar-refractivity contribution in [3.8, 4) is 0 Å². The zero-order valence-corrected chi connectivity index (χ0v) is 11.2. The fraction of sp³-hybridized carbons (Fsp3) is 0.538. The smallest absolute Gasteiger partial charge is 0.124 e. The minimum absolute atomic E-state index is 0.165. The normalized spacial score (nSPS) is 15.0. The Kier molecular flexibility index (Phi) is 4.92. The SMILES string of the molecule is CC(C)C(C)(O)CNCc1ccc(F)cc1Cl. The molecule has 0 spiro atoms. The third-order valence-electron chi connectivity index (χ3n) is 3.06. The maximum Gasteiger partial charge on any atom is 0.124 e. The zero-order chi connectivity index (χ0) is 13.1. The van der Waals surface area contributed by atoms with Gasteiger partial charge in [-0.1, -0.05) is 31.5 Å². The molecule has 0 aromatic heterocycles. The van der Waals surface area contributed by atoms with E-state index in [0.29, 0.717) is 18.1 Å². The summed E-state index contributed by atoms with van der Waals surface area (Å²) >= 11 is 5.90. The van der Waals surface area contributed by atoms with Gasteiger partial charge in [0.15, 0.2) is 0 Å². The highest BCUT2D eigenvalue weighted by Crippen LogP contribution is 2.18. The molecule has 0 radical (unpaired) electrons. The molecule has 2 N–H and O–H groups in total. The maximum atomic E-state index is 12.8. The van der Waals surface area contributed by atoms with E-state index in [1.54, 1.807) is 13.0 Å². The van der Waals surface area contributed by atoms with E-state index >= 15 is 0 Å². The second-order valence-corrected chi connectivity index (χ2v) is 5.26. The van der Waals surface area contributed by atoms with Gasteiger partial charge >= 0.3 is 0 Å². The van der Waals surface area contributed by atoms with Crippen LogP contribution in [0.1, 0.15) is 26.3 Å². The molecule has 0 fully saturated rings. The lowest BCUT2D eigenvalue weighted by atomic mass is 9.92. The Bertz CT molecular complexity index is 380. The molecule has 1 rings (SSSR count). The molecule has 4 heteroatoms. The van der Waals surface area contributed by atoms with Crippen LogP contribution in [0, 0.1) is 11.7 Å². The molecule has 1 aromatic carbocycles. The summed E-state index contributed by atoms with van der Waals surface area (Å²) in [5.41, 5.74) is 0.0691. The highest BCUT2D eigenvalue weighted by molar-refractivity contribution is 6.31. The van der Waals surface area contributed by atoms with Crippen LogP contribution in [0.25, 0.3) is 0 Å². The molecule has 2 nitrogen and oxygen atoms in total. The van der Waals surface area contributed by atoms with Crippen molar-refractivity contribution in [2.45, 2.75) is 32.9 Å². The van der Waals surface area contributed by atoms with E-state index < -0.39 is 5.60 Å². The number of halogens is 2. The van der Waals surface area contributed by atoms with Gasteiger partial charge in [-0.3, -0.25) is 0 Å². The fourth-order valence-corrected chi connectivity index (χ4v) is 1.55. The van der Waals surface area contributed by atoms with E-state index in [9.17, 15) is 9.50 Å². The molecule has 0 saturated carbocycles. The summed E-state index contributed by atoms with van der Waals surface area (Å²) in [5, 5.41) is 13.6. The lowest BCUT2D eigenvalue weighted by molar-refractivity contribution is 0.0140. The Hall–Kier alpha value is -0.640. The standard InChI is InChI=1S/C13H19ClFNO/c1-9(2)13(3,17)8-16-7-10-4-5-11(15)6-12(10)14/h4-6,9,16-17H,7-8H2,1-3H3. The molecule has 0 bridgehead atoms. The van der Waals surface area contributed by atoms with Crippen LogP contribution in [0.5, 0.6) is 0 Å². The highest BCUT2D eigenvalue weighted by Gasteiger charge is 2.23. The lowest BCUT2D eigenvalue weighted by Crippen LogP contribution is -2.41. The van der Waals surface area contributed by atoms with Crippen molar-refractivity contribution >= 4 is 11.6 Å². The Morgan fingerprint density at radius 1 is 1.47 bits per heavy atom. The summed E-state index contributed by atoms with van der Waals surface area (Å²) in [6.45, 7) is 6.70. The van der Waals surface area contributed by atoms with E-state index in [2.05, 4.69) is 5.32 Å². The van der Waals surface area contributed by atoms with Crippen molar-refractivity contribution in [1.82, 2.24) is 5.32 Å². The average molecular weight is 260 g/mol. The predicted molar refractivity (Wildman–Crippen MR) is 68.6 cm³/mol. The Morgan fingerprint density at radius 3 is 2.65 bits per heavy atom. The molecule has 0 aliphatic heterocycles. The summed E-state index contributed by atoms with van der Waals surface area (Å²) in [5.74, 6) is -0.174. The zero-order valence-electron chi connectivity index (χ0n) is 10.4. The number of hydrogen-bond acceptors (Lipinski definition) is 2. The van der Waals surface area contributed by atoms with Gasteiger partial charge in [0.2, 0.25) is 0 Å². The van der Waals surface area contributed by atoms with Crippen LogP contribution in [-0.4, -0.2) is 17.3 Å². The Morgan fingerprint density at radius 2 is 2.12 bits per heavy atom. The van der Waals surface area contributed by atoms with Gasteiger partial charge in [0, 0.05) is 18.1 Å². The second-order valence-electron chi connectivity index (χ2n) is 4.85. The number of hydrogen-bond donors (Lipinski definition) is 2. The minimum Gasteiger partial charge on any atom is -0.389 e. The van der Waals surface area contributed by atoms with Gasteiger partial charge in [0.25, 0.3) is 0 Å². The summed E-state index contributed by atoms with van der Waals surface area (Å²) < 4.78 is 12.8. The number of benzene rings is 1. The quantitative estimate of drug-likeness (QED) is 0.852. The van der Waals surface area contributed by atoms with Crippen molar-refractivity contribution in [1.29, 1.82) is 0 Å². The topological polar surface area (TPSA) is 32.3 Å². The molecule has 0 aliphatic carbocycles. The molecule has 0 amide bonds. The first-order valence-electron chi connectivity index (χ1n) is 5.70. The van der Waals surface area contributed by atoms with Gasteiger partial charge in [-0.15, -0.1) is 0 Å². The molecule has 1 unspecified atom stereocenters. The molecule has 17 heavy (non-hydrogen) atoms. The number of rotatable bonds is 5. The average Bonchev–Trinajstić information content (AvgIpc) is 2.21. The Balaban J connectivity index is 2.51. The van der Waals surface area contributed by atoms with E-state index in [1.165, 1.54) is 12.1 Å². The first-order valence-corrected chi connectivity index (χ1v) is 6.08. The van der Waals surface area contributed by atoms with Crippen molar-refractivity contribution < 1.29 is 9.50 Å². The van der Waals surface area contributed by atoms with E-state index in [-0.39, 0.29) is 11.7 Å². The van der Waals surface area contributed by atoms with Gasteiger partial charge < -0.3 is 10.4 Å². The third-order valence-corrected chi connectivity index (χ3v) is 3.41. The van der Waals surface area contributed by atoms with Crippen molar-refractivity contribution in [2.75, 3.05) is 6.54 Å². The first-order chi connectivity index (χ1) is 7.83. The predicted octanol–water partition coefficient (Wildman–Crippen LogP) is 2.98. The minimum atomic E-state index is -0.757. The van der Waals surface area contributed by atoms with Gasteiger partial charge in [0.1, 0.15) is 5.82 Å². The molecule has 96 valence electrons. The molecule has 1 aromatic rings. The van der Waals surface area contributed by atoms with E-state index in [4.69, 9.17) is 11.6 Å². The molecular weight excluding hydrogens is 241 g/mol. The van der Waals surface area contributed by atoms with E-state index in [0.717, 1.165) is 5.56 Å². The maximum absolute atomic E-state index is 12.8. The largest absolute Gasteiger partial charge is 0.389 e. The van der Waals surface area contributed by atoms with Gasteiger partial charge in [-0.25, -0.2) is 4.39 Å². The van der Waals surface area contributed by atoms with Crippen LogP contribution in [0.2, 0.25) is 5.02 Å². The van der Waals surface area contributed by atoms with Crippen LogP contribution >= 0.6 is 11.6 Å². The highest BCUT2D eigenvalue weighted by atomic mass is 35.5. The van der Waals surface area contributed by atoms with Crippen LogP contribution < -0.4 is 5.32 Å². The van der Waals surface area contributed by atoms with Crippen molar-refractivity contribution in [3.63, 3.8) is 0 Å². The summed E-state index contributed by atoms with van der Waals surface area (Å²) in [7, 11) is 0. The van der Waals surface area contributed by atoms with Gasteiger partial charge in [0.05, 0.1) is 5.60 Å². The van der Waals surface area contributed by atoms with Crippen LogP contribution in [0.15, 0.2) is 18.2 Å². The molecule has 1 atom stereocenters. The van der Waals surface area contributed by atoms with Crippen LogP contribution in [0.4, 0.5) is 4.39 Å². The van der Waals surface area contributed by atoms with Crippen molar-refractivity contribution in [2.24, 2.45) is 5.92 Å². The van der Waals surface area contributed by atoms with Crippen LogP contribution in [-0.2, 0) is 6.54 Å². The first kappa shape index (κ1) is 14.4. The fourth-order valence-electron chi connectivity index (χ4n) is 1.32. The molecular formula is C13H19ClFNO. The third kappa shape index (κ3) is 4.26. The molecule has 0 saturated heterocycles. The molecule has 0 aliphatic rings. The Labute approximate surface area is 107 Å². The lowest BCUT2D eigenvalue weighted by Gasteiger charge is -2.28. The van der Waals surface area contributed by atoms with Gasteiger partial charge in [-0.2, -0.15) is 0 Å². The van der Waals surface area contributed by atoms with Crippen LogP contribution in [0.3, 0.4) is 0 Å². The summed E-state index contributed by atoms with van der Waals surface area (Å²) in [4.78, 5) is 0. The molecule has 0 heterocycles. The number of aliphatic hydroxyl groups is 1. The van der Waals surface area contributed by atoms with Crippen molar-refractivity contribution in [3.05, 3.63) is 34.6 Å². The second kappa shape index (κ2) is 5.80. The van der Waals surface area contributed by atoms with Gasteiger partial charge in [-0.05, 0) is 30.5 Å². The summed E-state index contributed by atoms with van der Waals surface area (Å²) in [6, 6.07) is 4.32. The summed E-state index contributed by atoms with van der Waals surface area (Å²) in [6.07, 6.45) is 0. The monoisotopic (exact) mass is 259 g/mol. The number of nitrogens with one attached hydrogen (secondary N) is 1.